The minimum absolute atomic E-state index is 0. The number of nitrogens with two attached hydrogens (primary N) is 2. The van der Waals surface area contributed by atoms with Gasteiger partial charge >= 0.3 is 5.97 Å². The third-order valence-electron chi connectivity index (χ3n) is 4.86. The van der Waals surface area contributed by atoms with Gasteiger partial charge in [-0.25, -0.2) is 9.78 Å². The molecule has 1 heterocycles. The first-order valence-electron chi connectivity index (χ1n) is 9.45. The quantitative estimate of drug-likeness (QED) is 0.365. The van der Waals surface area contributed by atoms with Gasteiger partial charge in [-0.2, -0.15) is 4.98 Å². The molecule has 3 rings (SSSR count). The predicted octanol–water partition coefficient (Wildman–Crippen LogP) is 2.29. The maximum absolute atomic E-state index is 11.8. The number of carboxylic acids is 1. The lowest BCUT2D eigenvalue weighted by molar-refractivity contribution is -0.384. The Morgan fingerprint density at radius 3 is 2.38 bits per heavy atom. The van der Waals surface area contributed by atoms with Crippen molar-refractivity contribution in [3.8, 4) is 11.1 Å². The molecule has 7 N–H and O–H groups in total. The van der Waals surface area contributed by atoms with Gasteiger partial charge in [-0.3, -0.25) is 10.1 Å². The average molecular weight is 440 g/mol. The van der Waals surface area contributed by atoms with Crippen molar-refractivity contribution < 1.29 is 20.3 Å². The predicted molar refractivity (Wildman–Crippen MR) is 121 cm³/mol. The standard InChI is InChI=1S/C21H22N6O4.H2O/c1-3-15-18(19(22)25-21(23)24-15)14-8-9-16(17(10-14)27(30)31)26(2)11-12-4-6-13(7-5-12)20(28)29;/h4-10H,3,11H2,1-2H3,(H,28,29)(H4,22,23,24,25);1H2. The Morgan fingerprint density at radius 2 is 1.81 bits per heavy atom. The second-order valence-corrected chi connectivity index (χ2v) is 6.96. The summed E-state index contributed by atoms with van der Waals surface area (Å²) in [6, 6.07) is 11.2. The molecular formula is C21H24N6O5. The second-order valence-electron chi connectivity index (χ2n) is 6.96. The maximum Gasteiger partial charge on any atom is 0.335 e. The van der Waals surface area contributed by atoms with Crippen LogP contribution in [0.1, 0.15) is 28.5 Å². The molecule has 0 aliphatic heterocycles. The molecule has 32 heavy (non-hydrogen) atoms. The Balaban J connectivity index is 0.00000363. The molecule has 168 valence electrons. The summed E-state index contributed by atoms with van der Waals surface area (Å²) in [5.41, 5.74) is 14.7. The molecule has 0 radical (unpaired) electrons. The van der Waals surface area contributed by atoms with E-state index in [1.807, 2.05) is 6.92 Å². The number of anilines is 3. The van der Waals surface area contributed by atoms with Crippen molar-refractivity contribution in [1.29, 1.82) is 0 Å². The number of aromatic carboxylic acids is 1. The first-order chi connectivity index (χ1) is 14.7. The molecule has 0 aliphatic rings. The molecule has 1 aromatic heterocycles. The number of hydrogen-bond acceptors (Lipinski definition) is 8. The van der Waals surface area contributed by atoms with E-state index in [9.17, 15) is 14.9 Å². The summed E-state index contributed by atoms with van der Waals surface area (Å²) in [5, 5.41) is 20.8. The molecule has 0 unspecified atom stereocenters. The third kappa shape index (κ3) is 4.90. The number of carbonyl (C=O) groups is 1. The highest BCUT2D eigenvalue weighted by atomic mass is 16.6. The highest BCUT2D eigenvalue weighted by Crippen LogP contribution is 2.36. The van der Waals surface area contributed by atoms with E-state index in [0.29, 0.717) is 35.5 Å². The van der Waals surface area contributed by atoms with Gasteiger partial charge in [0.2, 0.25) is 5.95 Å². The smallest absolute Gasteiger partial charge is 0.335 e. The van der Waals surface area contributed by atoms with Gasteiger partial charge in [0.1, 0.15) is 11.5 Å². The average Bonchev–Trinajstić information content (AvgIpc) is 2.73. The van der Waals surface area contributed by atoms with E-state index >= 15 is 0 Å². The number of hydrogen-bond donors (Lipinski definition) is 3. The van der Waals surface area contributed by atoms with Crippen molar-refractivity contribution in [2.75, 3.05) is 23.4 Å². The highest BCUT2D eigenvalue weighted by molar-refractivity contribution is 5.87. The number of aryl methyl sites for hydroxylation is 1. The van der Waals surface area contributed by atoms with E-state index in [0.717, 1.165) is 5.56 Å². The van der Waals surface area contributed by atoms with Gasteiger partial charge in [-0.05, 0) is 35.7 Å². The van der Waals surface area contributed by atoms with Crippen LogP contribution in [0.15, 0.2) is 42.5 Å². The van der Waals surface area contributed by atoms with Crippen molar-refractivity contribution in [1.82, 2.24) is 9.97 Å². The van der Waals surface area contributed by atoms with Gasteiger partial charge in [0, 0.05) is 25.2 Å². The van der Waals surface area contributed by atoms with Crippen molar-refractivity contribution in [2.24, 2.45) is 0 Å². The number of benzene rings is 2. The van der Waals surface area contributed by atoms with Crippen LogP contribution in [0.5, 0.6) is 0 Å². The van der Waals surface area contributed by atoms with Crippen LogP contribution in [0.25, 0.3) is 11.1 Å². The molecule has 0 aliphatic carbocycles. The van der Waals surface area contributed by atoms with E-state index in [4.69, 9.17) is 16.6 Å². The van der Waals surface area contributed by atoms with Crippen molar-refractivity contribution >= 4 is 29.1 Å². The monoisotopic (exact) mass is 440 g/mol. The lowest BCUT2D eigenvalue weighted by atomic mass is 10.0. The molecule has 2 aromatic carbocycles. The van der Waals surface area contributed by atoms with E-state index in [-0.39, 0.29) is 28.5 Å². The van der Waals surface area contributed by atoms with Crippen LogP contribution in [-0.4, -0.2) is 38.5 Å². The number of nitro groups is 1. The fraction of sp³-hybridized carbons (Fsp3) is 0.190. The van der Waals surface area contributed by atoms with Crippen LogP contribution in [-0.2, 0) is 13.0 Å². The number of nitrogens with zero attached hydrogens (tertiary/aromatic N) is 4. The highest BCUT2D eigenvalue weighted by Gasteiger charge is 2.21. The molecule has 0 saturated carbocycles. The Morgan fingerprint density at radius 1 is 1.16 bits per heavy atom. The van der Waals surface area contributed by atoms with Gasteiger partial charge < -0.3 is 26.9 Å². The van der Waals surface area contributed by atoms with Crippen LogP contribution in [0.4, 0.5) is 23.1 Å². The Bertz CT molecular complexity index is 1150. The molecule has 0 spiro atoms. The molecule has 11 nitrogen and oxygen atoms in total. The van der Waals surface area contributed by atoms with Crippen LogP contribution in [0, 0.1) is 10.1 Å². The zero-order chi connectivity index (χ0) is 22.7. The topological polar surface area (TPSA) is 193 Å². The van der Waals surface area contributed by atoms with Gasteiger partial charge in [-0.15, -0.1) is 0 Å². The number of aromatic nitrogens is 2. The van der Waals surface area contributed by atoms with E-state index in [1.54, 1.807) is 36.2 Å². The fourth-order valence-corrected chi connectivity index (χ4v) is 3.38. The molecule has 0 bridgehead atoms. The molecule has 0 fully saturated rings. The normalized spacial score (nSPS) is 10.3. The van der Waals surface area contributed by atoms with Gasteiger partial charge in [0.15, 0.2) is 0 Å². The summed E-state index contributed by atoms with van der Waals surface area (Å²) < 4.78 is 0. The maximum atomic E-state index is 11.8. The first kappa shape index (κ1) is 24.0. The Kier molecular flexibility index (Phi) is 7.29. The molecule has 0 saturated heterocycles. The SMILES string of the molecule is CCc1nc(N)nc(N)c1-c1ccc(N(C)Cc2ccc(C(=O)O)cc2)c([N+](=O)[O-])c1.O. The zero-order valence-corrected chi connectivity index (χ0v) is 17.6. The molecular weight excluding hydrogens is 416 g/mol. The largest absolute Gasteiger partial charge is 0.478 e. The summed E-state index contributed by atoms with van der Waals surface area (Å²) in [7, 11) is 1.73. The van der Waals surface area contributed by atoms with Crippen molar-refractivity contribution in [3.05, 3.63) is 69.4 Å². The van der Waals surface area contributed by atoms with Crippen LogP contribution >= 0.6 is 0 Å². The van der Waals surface area contributed by atoms with E-state index in [1.165, 1.54) is 18.2 Å². The van der Waals surface area contributed by atoms with Crippen molar-refractivity contribution in [3.63, 3.8) is 0 Å². The first-order valence-corrected chi connectivity index (χ1v) is 9.45. The summed E-state index contributed by atoms with van der Waals surface area (Å²) in [6.45, 7) is 2.24. The summed E-state index contributed by atoms with van der Waals surface area (Å²) in [5.74, 6) is -0.792. The van der Waals surface area contributed by atoms with E-state index < -0.39 is 10.9 Å². The molecule has 0 atom stereocenters. The van der Waals surface area contributed by atoms with Crippen LogP contribution < -0.4 is 16.4 Å². The van der Waals surface area contributed by atoms with Gasteiger partial charge in [0.25, 0.3) is 5.69 Å². The minimum atomic E-state index is -1.01. The number of rotatable bonds is 7. The summed E-state index contributed by atoms with van der Waals surface area (Å²) in [4.78, 5) is 32.3. The number of carboxylic acid groups (broad SMARTS) is 1. The molecule has 0 amide bonds. The Hall–Kier alpha value is -4.25. The third-order valence-corrected chi connectivity index (χ3v) is 4.86. The number of nitrogen functional groups attached to an aromatic ring is 2. The van der Waals surface area contributed by atoms with E-state index in [2.05, 4.69) is 9.97 Å². The second kappa shape index (κ2) is 9.71. The van der Waals surface area contributed by atoms with Crippen LogP contribution in [0.3, 0.4) is 0 Å². The van der Waals surface area contributed by atoms with Crippen molar-refractivity contribution in [2.45, 2.75) is 19.9 Å². The Labute approximate surface area is 183 Å². The van der Waals surface area contributed by atoms with Gasteiger partial charge in [-0.1, -0.05) is 25.1 Å². The minimum Gasteiger partial charge on any atom is -0.478 e. The molecule has 11 heteroatoms. The number of nitro benzene ring substituents is 1. The summed E-state index contributed by atoms with van der Waals surface area (Å²) >= 11 is 0. The zero-order valence-electron chi connectivity index (χ0n) is 17.6. The fourth-order valence-electron chi connectivity index (χ4n) is 3.38. The van der Waals surface area contributed by atoms with Gasteiger partial charge in [0.05, 0.1) is 16.2 Å². The lowest BCUT2D eigenvalue weighted by Gasteiger charge is -2.20. The van der Waals surface area contributed by atoms with Crippen LogP contribution in [0.2, 0.25) is 0 Å². The molecule has 3 aromatic rings. The lowest BCUT2D eigenvalue weighted by Crippen LogP contribution is -2.18. The summed E-state index contributed by atoms with van der Waals surface area (Å²) in [6.07, 6.45) is 0.536.